The average Bonchev–Trinajstić information content (AvgIpc) is 2.61. The lowest BCUT2D eigenvalue weighted by Gasteiger charge is -2.11. The van der Waals surface area contributed by atoms with Gasteiger partial charge in [0.05, 0.1) is 23.1 Å². The molecular formula is C19H14ClF2N3O. The van der Waals surface area contributed by atoms with E-state index in [-0.39, 0.29) is 17.2 Å². The molecule has 0 saturated carbocycles. The lowest BCUT2D eigenvalue weighted by Crippen LogP contribution is -2.13. The van der Waals surface area contributed by atoms with Gasteiger partial charge in [-0.05, 0) is 42.8 Å². The van der Waals surface area contributed by atoms with E-state index in [1.54, 1.807) is 18.2 Å². The standard InChI is InChI=1S/C19H14ClF2N3O/c1-11-2-3-13(20)7-18(11)25-19(26)12-6-15(10-23-9-12)24-17-5-4-14(21)8-16(17)22/h2-10,24H,1H3,(H,25,26). The van der Waals surface area contributed by atoms with Crippen LogP contribution in [0.4, 0.5) is 25.8 Å². The molecule has 2 N–H and O–H groups in total. The van der Waals surface area contributed by atoms with Gasteiger partial charge in [-0.2, -0.15) is 0 Å². The number of benzene rings is 2. The predicted octanol–water partition coefficient (Wildman–Crippen LogP) is 5.32. The number of carbonyl (C=O) groups excluding carboxylic acids is 1. The van der Waals surface area contributed by atoms with Crippen molar-refractivity contribution in [1.82, 2.24) is 4.98 Å². The zero-order valence-corrected chi connectivity index (χ0v) is 14.4. The Kier molecular flexibility index (Phi) is 5.14. The molecule has 7 heteroatoms. The topological polar surface area (TPSA) is 54.0 Å². The zero-order valence-electron chi connectivity index (χ0n) is 13.7. The molecule has 0 spiro atoms. The number of nitrogens with zero attached hydrogens (tertiary/aromatic N) is 1. The molecule has 0 aliphatic carbocycles. The van der Waals surface area contributed by atoms with Gasteiger partial charge in [-0.25, -0.2) is 8.78 Å². The SMILES string of the molecule is Cc1ccc(Cl)cc1NC(=O)c1cncc(Nc2ccc(F)cc2F)c1. The molecule has 132 valence electrons. The molecule has 1 amide bonds. The highest BCUT2D eigenvalue weighted by atomic mass is 35.5. The molecule has 0 bridgehead atoms. The molecule has 0 saturated heterocycles. The number of halogens is 3. The van der Waals surface area contributed by atoms with E-state index in [1.807, 2.05) is 6.92 Å². The molecule has 3 aromatic rings. The quantitative estimate of drug-likeness (QED) is 0.651. The summed E-state index contributed by atoms with van der Waals surface area (Å²) in [5.41, 5.74) is 2.20. The molecule has 0 aliphatic heterocycles. The van der Waals surface area contributed by atoms with Gasteiger partial charge >= 0.3 is 0 Å². The first-order valence-corrected chi connectivity index (χ1v) is 8.05. The summed E-state index contributed by atoms with van der Waals surface area (Å²) in [6.45, 7) is 1.85. The molecule has 26 heavy (non-hydrogen) atoms. The monoisotopic (exact) mass is 373 g/mol. The van der Waals surface area contributed by atoms with E-state index in [0.29, 0.717) is 16.4 Å². The lowest BCUT2D eigenvalue weighted by atomic mass is 10.2. The summed E-state index contributed by atoms with van der Waals surface area (Å²) in [6, 6.07) is 9.88. The van der Waals surface area contributed by atoms with Crippen LogP contribution in [0.15, 0.2) is 54.9 Å². The van der Waals surface area contributed by atoms with Crippen LogP contribution in [-0.2, 0) is 0 Å². The van der Waals surface area contributed by atoms with E-state index >= 15 is 0 Å². The van der Waals surface area contributed by atoms with E-state index in [0.717, 1.165) is 17.7 Å². The molecule has 2 aromatic carbocycles. The highest BCUT2D eigenvalue weighted by Gasteiger charge is 2.11. The minimum absolute atomic E-state index is 0.0800. The Balaban J connectivity index is 1.80. The molecular weight excluding hydrogens is 360 g/mol. The van der Waals surface area contributed by atoms with Crippen LogP contribution in [0.1, 0.15) is 15.9 Å². The third-order valence-corrected chi connectivity index (χ3v) is 3.89. The molecule has 3 rings (SSSR count). The maximum Gasteiger partial charge on any atom is 0.257 e. The van der Waals surface area contributed by atoms with Crippen LogP contribution < -0.4 is 10.6 Å². The summed E-state index contributed by atoms with van der Waals surface area (Å²) in [5.74, 6) is -1.79. The van der Waals surface area contributed by atoms with Crippen molar-refractivity contribution in [3.8, 4) is 0 Å². The van der Waals surface area contributed by atoms with Crippen LogP contribution in [0.2, 0.25) is 5.02 Å². The first-order chi connectivity index (χ1) is 12.4. The Bertz CT molecular complexity index is 979. The Morgan fingerprint density at radius 3 is 2.62 bits per heavy atom. The van der Waals surface area contributed by atoms with Gasteiger partial charge in [0.2, 0.25) is 0 Å². The van der Waals surface area contributed by atoms with Crippen molar-refractivity contribution in [2.24, 2.45) is 0 Å². The smallest absolute Gasteiger partial charge is 0.257 e. The van der Waals surface area contributed by atoms with Gasteiger partial charge in [-0.15, -0.1) is 0 Å². The van der Waals surface area contributed by atoms with Crippen LogP contribution in [0.5, 0.6) is 0 Å². The van der Waals surface area contributed by atoms with E-state index < -0.39 is 11.6 Å². The van der Waals surface area contributed by atoms with Crippen LogP contribution in [0.3, 0.4) is 0 Å². The molecule has 0 fully saturated rings. The Labute approximate surface area is 153 Å². The lowest BCUT2D eigenvalue weighted by molar-refractivity contribution is 0.102. The Morgan fingerprint density at radius 1 is 1.04 bits per heavy atom. The molecule has 4 nitrogen and oxygen atoms in total. The minimum atomic E-state index is -0.741. The number of hydrogen-bond donors (Lipinski definition) is 2. The fourth-order valence-electron chi connectivity index (χ4n) is 2.30. The van der Waals surface area contributed by atoms with Gasteiger partial charge in [0, 0.05) is 23.0 Å². The van der Waals surface area contributed by atoms with Crippen molar-refractivity contribution < 1.29 is 13.6 Å². The molecule has 1 heterocycles. The highest BCUT2D eigenvalue weighted by molar-refractivity contribution is 6.31. The normalized spacial score (nSPS) is 10.5. The van der Waals surface area contributed by atoms with E-state index in [2.05, 4.69) is 15.6 Å². The summed E-state index contributed by atoms with van der Waals surface area (Å²) < 4.78 is 26.7. The second-order valence-corrected chi connectivity index (χ2v) is 6.06. The van der Waals surface area contributed by atoms with Gasteiger partial charge in [0.15, 0.2) is 0 Å². The molecule has 0 aliphatic rings. The van der Waals surface area contributed by atoms with Crippen molar-refractivity contribution in [2.75, 3.05) is 10.6 Å². The minimum Gasteiger partial charge on any atom is -0.352 e. The van der Waals surface area contributed by atoms with Crippen molar-refractivity contribution in [2.45, 2.75) is 6.92 Å². The number of pyridine rings is 1. The number of rotatable bonds is 4. The number of carbonyl (C=O) groups is 1. The number of hydrogen-bond acceptors (Lipinski definition) is 3. The maximum atomic E-state index is 13.8. The average molecular weight is 374 g/mol. The fourth-order valence-corrected chi connectivity index (χ4v) is 2.47. The number of amides is 1. The molecule has 0 atom stereocenters. The van der Waals surface area contributed by atoms with Crippen LogP contribution in [0, 0.1) is 18.6 Å². The van der Waals surface area contributed by atoms with Crippen LogP contribution >= 0.6 is 11.6 Å². The maximum absolute atomic E-state index is 13.8. The van der Waals surface area contributed by atoms with Crippen molar-refractivity contribution in [3.05, 3.63) is 82.6 Å². The van der Waals surface area contributed by atoms with Gasteiger partial charge in [0.25, 0.3) is 5.91 Å². The van der Waals surface area contributed by atoms with Crippen LogP contribution in [0.25, 0.3) is 0 Å². The van der Waals surface area contributed by atoms with E-state index in [9.17, 15) is 13.6 Å². The van der Waals surface area contributed by atoms with Gasteiger partial charge in [0.1, 0.15) is 11.6 Å². The summed E-state index contributed by atoms with van der Waals surface area (Å²) >= 11 is 5.95. The fraction of sp³-hybridized carbons (Fsp3) is 0.0526. The number of aryl methyl sites for hydroxylation is 1. The number of aromatic nitrogens is 1. The molecule has 0 unspecified atom stereocenters. The van der Waals surface area contributed by atoms with E-state index in [1.165, 1.54) is 24.5 Å². The van der Waals surface area contributed by atoms with E-state index in [4.69, 9.17) is 11.6 Å². The zero-order chi connectivity index (χ0) is 18.7. The predicted molar refractivity (Wildman–Crippen MR) is 98.0 cm³/mol. The van der Waals surface area contributed by atoms with Crippen molar-refractivity contribution >= 4 is 34.6 Å². The number of anilines is 3. The summed E-state index contributed by atoms with van der Waals surface area (Å²) in [7, 11) is 0. The number of nitrogens with one attached hydrogen (secondary N) is 2. The van der Waals surface area contributed by atoms with Crippen molar-refractivity contribution in [3.63, 3.8) is 0 Å². The van der Waals surface area contributed by atoms with Gasteiger partial charge in [-0.1, -0.05) is 17.7 Å². The second kappa shape index (κ2) is 7.49. The molecule has 1 aromatic heterocycles. The third-order valence-electron chi connectivity index (χ3n) is 3.66. The summed E-state index contributed by atoms with van der Waals surface area (Å²) in [5, 5.41) is 6.04. The van der Waals surface area contributed by atoms with Crippen molar-refractivity contribution in [1.29, 1.82) is 0 Å². The first-order valence-electron chi connectivity index (χ1n) is 7.67. The summed E-state index contributed by atoms with van der Waals surface area (Å²) in [6.07, 6.45) is 2.83. The summed E-state index contributed by atoms with van der Waals surface area (Å²) in [4.78, 5) is 16.4. The third kappa shape index (κ3) is 4.15. The van der Waals surface area contributed by atoms with Gasteiger partial charge < -0.3 is 10.6 Å². The second-order valence-electron chi connectivity index (χ2n) is 5.62. The molecule has 0 radical (unpaired) electrons. The first kappa shape index (κ1) is 17.8. The van der Waals surface area contributed by atoms with Crippen LogP contribution in [-0.4, -0.2) is 10.9 Å². The Hall–Kier alpha value is -2.99. The Morgan fingerprint density at radius 2 is 1.85 bits per heavy atom. The van der Waals surface area contributed by atoms with Gasteiger partial charge in [-0.3, -0.25) is 9.78 Å². The highest BCUT2D eigenvalue weighted by Crippen LogP contribution is 2.23. The largest absolute Gasteiger partial charge is 0.352 e.